The topological polar surface area (TPSA) is 35.5 Å². The van der Waals surface area contributed by atoms with Crippen molar-refractivity contribution in [2.75, 3.05) is 19.4 Å². The second kappa shape index (κ2) is 7.90. The summed E-state index contributed by atoms with van der Waals surface area (Å²) in [5.41, 5.74) is 2.98. The molecule has 0 amide bonds. The summed E-state index contributed by atoms with van der Waals surface area (Å²) >= 11 is 0. The van der Waals surface area contributed by atoms with E-state index in [0.717, 1.165) is 0 Å². The first-order valence-corrected chi connectivity index (χ1v) is 7.06. The molecule has 0 saturated carbocycles. The van der Waals surface area contributed by atoms with E-state index < -0.39 is 7.60 Å². The molecule has 15 heavy (non-hydrogen) atoms. The molecule has 0 spiro atoms. The molecule has 88 valence electrons. The Balaban J connectivity index is 4.30. The van der Waals surface area contributed by atoms with Gasteiger partial charge in [0.05, 0.1) is 19.4 Å². The maximum Gasteiger partial charge on any atom is 0.335 e. The summed E-state index contributed by atoms with van der Waals surface area (Å²) in [4.78, 5) is 0. The summed E-state index contributed by atoms with van der Waals surface area (Å²) in [7, 11) is -2.92. The third-order valence-corrected chi connectivity index (χ3v) is 3.45. The van der Waals surface area contributed by atoms with Crippen molar-refractivity contribution in [3.63, 3.8) is 0 Å². The number of rotatable bonds is 7. The lowest BCUT2D eigenvalue weighted by molar-refractivity contribution is 0.222. The molecular formula is C11H21O3P. The Morgan fingerprint density at radius 2 is 1.80 bits per heavy atom. The first kappa shape index (κ1) is 14.7. The van der Waals surface area contributed by atoms with Crippen LogP contribution in [-0.2, 0) is 13.6 Å². The molecule has 0 bridgehead atoms. The van der Waals surface area contributed by atoms with Gasteiger partial charge in [-0.2, -0.15) is 0 Å². The highest BCUT2D eigenvalue weighted by atomic mass is 31.2. The van der Waals surface area contributed by atoms with E-state index in [1.54, 1.807) is 19.9 Å². The van der Waals surface area contributed by atoms with Crippen molar-refractivity contribution >= 4 is 7.60 Å². The van der Waals surface area contributed by atoms with Gasteiger partial charge < -0.3 is 9.05 Å². The normalized spacial score (nSPS) is 11.3. The zero-order valence-electron chi connectivity index (χ0n) is 10.0. The summed E-state index contributed by atoms with van der Waals surface area (Å²) < 4.78 is 22.2. The molecule has 0 aliphatic rings. The Morgan fingerprint density at radius 1 is 1.27 bits per heavy atom. The predicted molar refractivity (Wildman–Crippen MR) is 63.2 cm³/mol. The molecule has 4 heteroatoms. The van der Waals surface area contributed by atoms with Crippen molar-refractivity contribution in [2.24, 2.45) is 5.92 Å². The van der Waals surface area contributed by atoms with E-state index in [9.17, 15) is 4.57 Å². The van der Waals surface area contributed by atoms with Gasteiger partial charge in [0.25, 0.3) is 0 Å². The van der Waals surface area contributed by atoms with Crippen LogP contribution in [0.25, 0.3) is 0 Å². The second-order valence-electron chi connectivity index (χ2n) is 3.41. The first-order valence-electron chi connectivity index (χ1n) is 5.33. The number of hydrogen-bond acceptors (Lipinski definition) is 3. The zero-order valence-corrected chi connectivity index (χ0v) is 10.9. The van der Waals surface area contributed by atoms with E-state index in [0.29, 0.717) is 19.1 Å². The molecule has 0 aliphatic carbocycles. The van der Waals surface area contributed by atoms with Gasteiger partial charge in [-0.15, -0.1) is 5.73 Å². The largest absolute Gasteiger partial charge is 0.335 e. The van der Waals surface area contributed by atoms with E-state index in [-0.39, 0.29) is 6.16 Å². The van der Waals surface area contributed by atoms with Gasteiger partial charge in [-0.25, -0.2) is 0 Å². The van der Waals surface area contributed by atoms with Crippen molar-refractivity contribution < 1.29 is 13.6 Å². The highest BCUT2D eigenvalue weighted by Crippen LogP contribution is 2.47. The second-order valence-corrected chi connectivity index (χ2v) is 5.51. The van der Waals surface area contributed by atoms with Crippen molar-refractivity contribution in [3.05, 3.63) is 17.9 Å². The van der Waals surface area contributed by atoms with Crippen molar-refractivity contribution in [3.8, 4) is 0 Å². The Bertz CT molecular complexity index is 255. The van der Waals surface area contributed by atoms with Gasteiger partial charge in [0, 0.05) is 0 Å². The molecule has 0 heterocycles. The molecule has 0 atom stereocenters. The Kier molecular flexibility index (Phi) is 7.72. The SMILES string of the molecule is CCOP(=O)(CC=C=CC(C)C)OCC. The van der Waals surface area contributed by atoms with Gasteiger partial charge in [-0.05, 0) is 31.9 Å². The van der Waals surface area contributed by atoms with E-state index >= 15 is 0 Å². The summed E-state index contributed by atoms with van der Waals surface area (Å²) in [5.74, 6) is 0.444. The molecule has 0 saturated heterocycles. The predicted octanol–water partition coefficient (Wildman–Crippen LogP) is 3.62. The zero-order chi connectivity index (χ0) is 11.7. The van der Waals surface area contributed by atoms with Crippen LogP contribution in [0, 0.1) is 5.92 Å². The van der Waals surface area contributed by atoms with Crippen LogP contribution in [0.5, 0.6) is 0 Å². The van der Waals surface area contributed by atoms with Crippen LogP contribution in [0.1, 0.15) is 27.7 Å². The summed E-state index contributed by atoms with van der Waals surface area (Å²) in [6.07, 6.45) is 3.92. The van der Waals surface area contributed by atoms with Crippen LogP contribution in [0.15, 0.2) is 17.9 Å². The fraction of sp³-hybridized carbons (Fsp3) is 0.727. The molecule has 0 aromatic carbocycles. The Labute approximate surface area is 92.7 Å². The average Bonchev–Trinajstić information content (AvgIpc) is 2.13. The molecule has 0 aromatic rings. The fourth-order valence-corrected chi connectivity index (χ4v) is 2.36. The molecule has 0 radical (unpaired) electrons. The summed E-state index contributed by atoms with van der Waals surface area (Å²) in [5, 5.41) is 0. The standard InChI is InChI=1S/C11H21O3P/c1-5-13-15(12,14-6-2)10-8-7-9-11(3)4/h8-9,11H,5-6,10H2,1-4H3. The monoisotopic (exact) mass is 232 g/mol. The van der Waals surface area contributed by atoms with E-state index in [4.69, 9.17) is 9.05 Å². The summed E-state index contributed by atoms with van der Waals surface area (Å²) in [6.45, 7) is 8.54. The van der Waals surface area contributed by atoms with Crippen LogP contribution in [-0.4, -0.2) is 19.4 Å². The minimum Gasteiger partial charge on any atom is -0.309 e. The third kappa shape index (κ3) is 7.58. The maximum absolute atomic E-state index is 11.9. The fourth-order valence-electron chi connectivity index (χ4n) is 0.961. The lowest BCUT2D eigenvalue weighted by atomic mass is 10.2. The van der Waals surface area contributed by atoms with Gasteiger partial charge in [-0.1, -0.05) is 13.8 Å². The van der Waals surface area contributed by atoms with Gasteiger partial charge >= 0.3 is 7.60 Å². The highest BCUT2D eigenvalue weighted by molar-refractivity contribution is 7.54. The number of allylic oxidation sites excluding steroid dienone is 1. The third-order valence-electron chi connectivity index (χ3n) is 1.51. The lowest BCUT2D eigenvalue weighted by Crippen LogP contribution is -1.98. The smallest absolute Gasteiger partial charge is 0.309 e. The molecule has 0 fully saturated rings. The molecule has 0 rings (SSSR count). The molecule has 0 N–H and O–H groups in total. The molecule has 3 nitrogen and oxygen atoms in total. The van der Waals surface area contributed by atoms with E-state index in [2.05, 4.69) is 19.6 Å². The van der Waals surface area contributed by atoms with Gasteiger partial charge in [0.2, 0.25) is 0 Å². The van der Waals surface area contributed by atoms with Crippen LogP contribution in [0.3, 0.4) is 0 Å². The Hall–Kier alpha value is -0.330. The van der Waals surface area contributed by atoms with Crippen LogP contribution < -0.4 is 0 Å². The number of hydrogen-bond donors (Lipinski definition) is 0. The van der Waals surface area contributed by atoms with Gasteiger partial charge in [0.1, 0.15) is 0 Å². The molecule has 0 aliphatic heterocycles. The van der Waals surface area contributed by atoms with Crippen LogP contribution in [0.2, 0.25) is 0 Å². The van der Waals surface area contributed by atoms with Crippen LogP contribution in [0.4, 0.5) is 0 Å². The van der Waals surface area contributed by atoms with E-state index in [1.807, 2.05) is 6.08 Å². The van der Waals surface area contributed by atoms with Crippen LogP contribution >= 0.6 is 7.60 Å². The minimum absolute atomic E-state index is 0.290. The molecule has 0 aromatic heterocycles. The van der Waals surface area contributed by atoms with Gasteiger partial charge in [-0.3, -0.25) is 4.57 Å². The Morgan fingerprint density at radius 3 is 2.20 bits per heavy atom. The van der Waals surface area contributed by atoms with Crippen molar-refractivity contribution in [2.45, 2.75) is 27.7 Å². The highest BCUT2D eigenvalue weighted by Gasteiger charge is 2.20. The quantitative estimate of drug-likeness (QED) is 0.496. The van der Waals surface area contributed by atoms with Gasteiger partial charge in [0.15, 0.2) is 0 Å². The van der Waals surface area contributed by atoms with E-state index in [1.165, 1.54) is 0 Å². The molecule has 0 unspecified atom stereocenters. The maximum atomic E-state index is 11.9. The first-order chi connectivity index (χ1) is 7.04. The van der Waals surface area contributed by atoms with Crippen molar-refractivity contribution in [1.82, 2.24) is 0 Å². The average molecular weight is 232 g/mol. The van der Waals surface area contributed by atoms with Crippen molar-refractivity contribution in [1.29, 1.82) is 0 Å². The lowest BCUT2D eigenvalue weighted by Gasteiger charge is -2.14. The molecular weight excluding hydrogens is 211 g/mol. The minimum atomic E-state index is -2.92. The summed E-state index contributed by atoms with van der Waals surface area (Å²) in [6, 6.07) is 0.